The average Bonchev–Trinajstić information content (AvgIpc) is 3.36. The lowest BCUT2D eigenvalue weighted by Crippen LogP contribution is -2.46. The summed E-state index contributed by atoms with van der Waals surface area (Å²) in [4.78, 5) is 20.1. The lowest BCUT2D eigenvalue weighted by molar-refractivity contribution is -0.149. The molecule has 220 valence electrons. The van der Waals surface area contributed by atoms with Gasteiger partial charge in [-0.3, -0.25) is 9.32 Å². The Balaban J connectivity index is 1.63. The van der Waals surface area contributed by atoms with Crippen molar-refractivity contribution in [3.05, 3.63) is 47.6 Å². The standard InChI is InChI=1S/C25H28ClFN5O8P/c1-5-25(12-37-41(36,40-15-9-7-6-8-10-15)31-14(4)23(35)38-13(2)3)19(34)18(33)22(39-25)32-11-16(27)17-20(28)29-24(26)30-21(17)32/h1,6-11,13-14,18-19,22,33-34H,12H2,2-4H3,(H,31,36)(H2,28,29,30)/t14-,18?,19?,22+,25+,41-/m0/s1. The van der Waals surface area contributed by atoms with Crippen LogP contribution in [0.5, 0.6) is 5.75 Å². The number of nitrogens with two attached hydrogens (primary N) is 1. The normalized spacial score (nSPS) is 24.6. The number of aromatic nitrogens is 3. The van der Waals surface area contributed by atoms with Crippen molar-refractivity contribution in [3.8, 4) is 18.1 Å². The summed E-state index contributed by atoms with van der Waals surface area (Å²) >= 11 is 5.89. The van der Waals surface area contributed by atoms with Crippen LogP contribution in [0.3, 0.4) is 0 Å². The van der Waals surface area contributed by atoms with Crippen molar-refractivity contribution in [2.75, 3.05) is 12.3 Å². The van der Waals surface area contributed by atoms with E-state index in [1.54, 1.807) is 32.0 Å². The van der Waals surface area contributed by atoms with Crippen LogP contribution in [0.1, 0.15) is 27.0 Å². The quantitative estimate of drug-likeness (QED) is 0.114. The SMILES string of the molecule is C#C[C@]1(CO[P@@](=O)(N[C@@H](C)C(=O)OC(C)C)Oc2ccccc2)O[C@@H](n2cc(F)c3c(N)nc(Cl)nc32)C(O)C1O. The van der Waals surface area contributed by atoms with Gasteiger partial charge >= 0.3 is 13.7 Å². The Labute approximate surface area is 239 Å². The lowest BCUT2D eigenvalue weighted by Gasteiger charge is -2.29. The van der Waals surface area contributed by atoms with E-state index in [1.807, 2.05) is 0 Å². The van der Waals surface area contributed by atoms with Crippen LogP contribution in [0, 0.1) is 18.2 Å². The van der Waals surface area contributed by atoms with Crippen LogP contribution in [0.25, 0.3) is 11.0 Å². The number of aliphatic hydroxyl groups is 2. The Kier molecular flexibility index (Phi) is 8.91. The number of halogens is 2. The number of anilines is 1. The number of hydrogen-bond acceptors (Lipinski definition) is 11. The molecule has 0 saturated carbocycles. The van der Waals surface area contributed by atoms with E-state index in [0.29, 0.717) is 0 Å². The Bertz CT molecular complexity index is 1520. The summed E-state index contributed by atoms with van der Waals surface area (Å²) in [6.45, 7) is 3.87. The fourth-order valence-electron chi connectivity index (χ4n) is 4.10. The molecule has 1 aromatic carbocycles. The molecule has 0 bridgehead atoms. The number of nitrogens with one attached hydrogen (secondary N) is 1. The summed E-state index contributed by atoms with van der Waals surface area (Å²) in [6, 6.07) is 6.77. The van der Waals surface area contributed by atoms with Crippen LogP contribution in [0.2, 0.25) is 5.28 Å². The molecule has 13 nitrogen and oxygen atoms in total. The number of carbonyl (C=O) groups excluding carboxylic acids is 1. The first-order valence-electron chi connectivity index (χ1n) is 12.3. The highest BCUT2D eigenvalue weighted by molar-refractivity contribution is 7.52. The molecule has 4 rings (SSSR count). The highest BCUT2D eigenvalue weighted by Crippen LogP contribution is 2.48. The van der Waals surface area contributed by atoms with E-state index in [1.165, 1.54) is 19.1 Å². The van der Waals surface area contributed by atoms with Gasteiger partial charge in [0.15, 0.2) is 23.3 Å². The summed E-state index contributed by atoms with van der Waals surface area (Å²) in [5, 5.41) is 23.9. The minimum Gasteiger partial charge on any atom is -0.462 e. The third-order valence-electron chi connectivity index (χ3n) is 6.04. The van der Waals surface area contributed by atoms with E-state index in [4.69, 9.17) is 42.3 Å². The van der Waals surface area contributed by atoms with Crippen molar-refractivity contribution >= 4 is 42.2 Å². The van der Waals surface area contributed by atoms with Crippen molar-refractivity contribution in [1.29, 1.82) is 0 Å². The summed E-state index contributed by atoms with van der Waals surface area (Å²) in [7, 11) is -4.43. The molecule has 0 amide bonds. The number of para-hydroxylation sites is 1. The van der Waals surface area contributed by atoms with Crippen molar-refractivity contribution < 1.29 is 42.5 Å². The number of carbonyl (C=O) groups is 1. The molecule has 0 aliphatic carbocycles. The average molecular weight is 612 g/mol. The maximum Gasteiger partial charge on any atom is 0.459 e. The van der Waals surface area contributed by atoms with E-state index in [9.17, 15) is 24.0 Å². The number of esters is 1. The summed E-state index contributed by atoms with van der Waals surface area (Å²) in [5.74, 6) is 0.512. The molecule has 5 N–H and O–H groups in total. The molecule has 16 heteroatoms. The van der Waals surface area contributed by atoms with Crippen LogP contribution in [0.15, 0.2) is 36.5 Å². The van der Waals surface area contributed by atoms with Gasteiger partial charge in [0.25, 0.3) is 0 Å². The van der Waals surface area contributed by atoms with Crippen LogP contribution >= 0.6 is 19.3 Å². The van der Waals surface area contributed by atoms with E-state index >= 15 is 0 Å². The third kappa shape index (κ3) is 6.32. The third-order valence-corrected chi connectivity index (χ3v) is 7.84. The zero-order valence-electron chi connectivity index (χ0n) is 22.1. The van der Waals surface area contributed by atoms with Gasteiger partial charge in [-0.15, -0.1) is 6.42 Å². The molecule has 2 aromatic heterocycles. The van der Waals surface area contributed by atoms with Gasteiger partial charge in [-0.1, -0.05) is 24.1 Å². The minimum atomic E-state index is -4.43. The maximum absolute atomic E-state index is 14.7. The van der Waals surface area contributed by atoms with E-state index in [2.05, 4.69) is 21.0 Å². The zero-order valence-corrected chi connectivity index (χ0v) is 23.8. The van der Waals surface area contributed by atoms with E-state index < -0.39 is 62.3 Å². The van der Waals surface area contributed by atoms with Gasteiger partial charge in [0.05, 0.1) is 11.5 Å². The number of benzene rings is 1. The number of fused-ring (bicyclic) bond motifs is 1. The van der Waals surface area contributed by atoms with Crippen LogP contribution < -0.4 is 15.3 Å². The number of aliphatic hydroxyl groups excluding tert-OH is 2. The second kappa shape index (κ2) is 11.9. The van der Waals surface area contributed by atoms with Crippen molar-refractivity contribution in [3.63, 3.8) is 0 Å². The zero-order chi connectivity index (χ0) is 30.1. The fraction of sp³-hybridized carbons (Fsp3) is 0.400. The second-order valence-corrected chi connectivity index (χ2v) is 11.5. The number of nitrogens with zero attached hydrogens (tertiary/aromatic N) is 3. The van der Waals surface area contributed by atoms with Gasteiger partial charge in [0.1, 0.15) is 36.4 Å². The fourth-order valence-corrected chi connectivity index (χ4v) is 5.79. The Morgan fingerprint density at radius 1 is 1.34 bits per heavy atom. The molecule has 2 unspecified atom stereocenters. The number of hydrogen-bond donors (Lipinski definition) is 4. The first-order chi connectivity index (χ1) is 19.3. The molecule has 1 aliphatic heterocycles. The van der Waals surface area contributed by atoms with E-state index in [-0.39, 0.29) is 27.9 Å². The summed E-state index contributed by atoms with van der Waals surface area (Å²) in [6.07, 6.45) is 1.10. The van der Waals surface area contributed by atoms with Crippen molar-refractivity contribution in [2.24, 2.45) is 0 Å². The molecule has 3 heterocycles. The molecular formula is C25H28ClFN5O8P. The molecule has 0 radical (unpaired) electrons. The van der Waals surface area contributed by atoms with Gasteiger partial charge in [-0.2, -0.15) is 10.1 Å². The second-order valence-electron chi connectivity index (χ2n) is 9.45. The number of ether oxygens (including phenoxy) is 2. The molecule has 1 saturated heterocycles. The largest absolute Gasteiger partial charge is 0.462 e. The highest BCUT2D eigenvalue weighted by atomic mass is 35.5. The number of nitrogen functional groups attached to an aromatic ring is 1. The first kappa shape index (κ1) is 30.7. The van der Waals surface area contributed by atoms with Crippen LogP contribution in [-0.4, -0.2) is 67.3 Å². The topological polar surface area (TPSA) is 180 Å². The smallest absolute Gasteiger partial charge is 0.459 e. The number of terminal acetylenes is 1. The van der Waals surface area contributed by atoms with Crippen LogP contribution in [-0.2, 0) is 23.4 Å². The molecule has 3 aromatic rings. The van der Waals surface area contributed by atoms with E-state index in [0.717, 1.165) is 10.8 Å². The molecule has 0 spiro atoms. The molecular weight excluding hydrogens is 584 g/mol. The number of rotatable bonds is 10. The van der Waals surface area contributed by atoms with Gasteiger partial charge < -0.3 is 34.5 Å². The summed E-state index contributed by atoms with van der Waals surface area (Å²) in [5.41, 5.74) is 3.52. The summed E-state index contributed by atoms with van der Waals surface area (Å²) < 4.78 is 51.8. The Morgan fingerprint density at radius 3 is 2.66 bits per heavy atom. The maximum atomic E-state index is 14.7. The van der Waals surface area contributed by atoms with Crippen molar-refractivity contribution in [1.82, 2.24) is 19.6 Å². The highest BCUT2D eigenvalue weighted by Gasteiger charge is 2.56. The predicted octanol–water partition coefficient (Wildman–Crippen LogP) is 2.56. The Hall–Kier alpha value is -3.28. The van der Waals surface area contributed by atoms with Crippen LogP contribution in [0.4, 0.5) is 10.2 Å². The first-order valence-corrected chi connectivity index (χ1v) is 14.2. The predicted molar refractivity (Wildman–Crippen MR) is 145 cm³/mol. The van der Waals surface area contributed by atoms with Gasteiger partial charge in [-0.05, 0) is 44.5 Å². The molecule has 6 atom stereocenters. The Morgan fingerprint density at radius 2 is 2.02 bits per heavy atom. The van der Waals surface area contributed by atoms with Gasteiger partial charge in [0, 0.05) is 6.20 Å². The molecule has 1 aliphatic rings. The molecule has 41 heavy (non-hydrogen) atoms. The van der Waals surface area contributed by atoms with Crippen molar-refractivity contribution in [2.45, 2.75) is 57.0 Å². The lowest BCUT2D eigenvalue weighted by atomic mass is 9.97. The molecule has 1 fully saturated rings. The van der Waals surface area contributed by atoms with Gasteiger partial charge in [-0.25, -0.2) is 13.9 Å². The van der Waals surface area contributed by atoms with Gasteiger partial charge in [0.2, 0.25) is 5.28 Å². The minimum absolute atomic E-state index is 0.122. The monoisotopic (exact) mass is 611 g/mol.